The normalized spacial score (nSPS) is 11.5. The van der Waals surface area contributed by atoms with Crippen LogP contribution >= 0.6 is 0 Å². The summed E-state index contributed by atoms with van der Waals surface area (Å²) in [6.45, 7) is 2.18. The Morgan fingerprint density at radius 3 is 2.29 bits per heavy atom. The quantitative estimate of drug-likeness (QED) is 0.813. The number of alkyl carbamates (subject to hydrolysis) is 1. The first-order valence-corrected chi connectivity index (χ1v) is 7.86. The molecule has 1 atom stereocenters. The van der Waals surface area contributed by atoms with E-state index in [0.29, 0.717) is 0 Å². The lowest BCUT2D eigenvalue weighted by Crippen LogP contribution is -2.30. The van der Waals surface area contributed by atoms with Crippen LogP contribution in [0.15, 0.2) is 54.6 Å². The van der Waals surface area contributed by atoms with Gasteiger partial charge < -0.3 is 15.2 Å². The Bertz CT molecular complexity index is 668. The highest BCUT2D eigenvalue weighted by atomic mass is 16.5. The summed E-state index contributed by atoms with van der Waals surface area (Å²) in [6.07, 6.45) is 0.0622. The molecule has 24 heavy (non-hydrogen) atoms. The maximum atomic E-state index is 12.0. The summed E-state index contributed by atoms with van der Waals surface area (Å²) >= 11 is 0. The summed E-state index contributed by atoms with van der Waals surface area (Å²) < 4.78 is 5.16. The number of carbonyl (C=O) groups excluding carboxylic acids is 1. The van der Waals surface area contributed by atoms with Gasteiger partial charge >= 0.3 is 12.1 Å². The molecule has 2 N–H and O–H groups in total. The van der Waals surface area contributed by atoms with E-state index in [9.17, 15) is 9.59 Å². The van der Waals surface area contributed by atoms with Crippen molar-refractivity contribution in [3.05, 3.63) is 71.3 Å². The van der Waals surface area contributed by atoms with Crippen molar-refractivity contribution in [1.29, 1.82) is 0 Å². The smallest absolute Gasteiger partial charge is 0.407 e. The lowest BCUT2D eigenvalue weighted by Gasteiger charge is -2.17. The molecule has 0 spiro atoms. The number of nitrogens with one attached hydrogen (secondary N) is 1. The number of carboxylic acid groups (broad SMARTS) is 1. The molecule has 126 valence electrons. The van der Waals surface area contributed by atoms with Gasteiger partial charge in [-0.15, -0.1) is 0 Å². The van der Waals surface area contributed by atoms with Gasteiger partial charge in [0.1, 0.15) is 6.61 Å². The van der Waals surface area contributed by atoms with Gasteiger partial charge in [0, 0.05) is 0 Å². The van der Waals surface area contributed by atoms with E-state index in [2.05, 4.69) is 5.32 Å². The van der Waals surface area contributed by atoms with Crippen molar-refractivity contribution in [3.8, 4) is 0 Å². The molecule has 5 nitrogen and oxygen atoms in total. The second-order valence-corrected chi connectivity index (χ2v) is 5.45. The van der Waals surface area contributed by atoms with E-state index >= 15 is 0 Å². The summed E-state index contributed by atoms with van der Waals surface area (Å²) in [6, 6.07) is 16.2. The molecule has 0 radical (unpaired) electrons. The van der Waals surface area contributed by atoms with Crippen LogP contribution in [0.3, 0.4) is 0 Å². The van der Waals surface area contributed by atoms with Crippen molar-refractivity contribution in [2.45, 2.75) is 32.4 Å². The number of rotatable bonds is 7. The van der Waals surface area contributed by atoms with E-state index in [1.165, 1.54) is 0 Å². The zero-order chi connectivity index (χ0) is 17.4. The number of hydrogen-bond acceptors (Lipinski definition) is 3. The molecule has 2 aromatic rings. The number of ether oxygens (including phenoxy) is 1. The first-order chi connectivity index (χ1) is 11.6. The van der Waals surface area contributed by atoms with Crippen LogP contribution in [0.25, 0.3) is 0 Å². The first kappa shape index (κ1) is 17.5. The number of carboxylic acids is 1. The van der Waals surface area contributed by atoms with Crippen molar-refractivity contribution in [2.24, 2.45) is 0 Å². The standard InChI is InChI=1S/C19H21NO4/c1-2-14-8-10-16(11-9-14)17(12-18(21)22)20-19(23)24-13-15-6-4-3-5-7-15/h3-11,17H,2,12-13H2,1H3,(H,20,23)(H,21,22). The molecule has 0 heterocycles. The fourth-order valence-corrected chi connectivity index (χ4v) is 2.32. The van der Waals surface area contributed by atoms with E-state index in [1.54, 1.807) is 0 Å². The lowest BCUT2D eigenvalue weighted by atomic mass is 10.0. The Kier molecular flexibility index (Phi) is 6.37. The van der Waals surface area contributed by atoms with Crippen LogP contribution < -0.4 is 5.32 Å². The molecule has 1 amide bonds. The molecule has 2 aromatic carbocycles. The Morgan fingerprint density at radius 1 is 1.04 bits per heavy atom. The third-order valence-corrected chi connectivity index (χ3v) is 3.67. The van der Waals surface area contributed by atoms with Gasteiger partial charge in [-0.3, -0.25) is 4.79 Å². The van der Waals surface area contributed by atoms with E-state index in [-0.39, 0.29) is 13.0 Å². The second-order valence-electron chi connectivity index (χ2n) is 5.45. The van der Waals surface area contributed by atoms with E-state index in [4.69, 9.17) is 9.84 Å². The molecule has 1 unspecified atom stereocenters. The van der Waals surface area contributed by atoms with Crippen molar-refractivity contribution in [2.75, 3.05) is 0 Å². The second kappa shape index (κ2) is 8.72. The molecule has 0 fully saturated rings. The molecule has 0 aliphatic carbocycles. The number of hydrogen-bond donors (Lipinski definition) is 2. The summed E-state index contributed by atoms with van der Waals surface area (Å²) in [5, 5.41) is 11.7. The zero-order valence-corrected chi connectivity index (χ0v) is 13.6. The Labute approximate surface area is 141 Å². The lowest BCUT2D eigenvalue weighted by molar-refractivity contribution is -0.137. The Hall–Kier alpha value is -2.82. The third kappa shape index (κ3) is 5.43. The first-order valence-electron chi connectivity index (χ1n) is 7.86. The number of aliphatic carboxylic acids is 1. The molecule has 0 saturated carbocycles. The van der Waals surface area contributed by atoms with Crippen LogP contribution in [-0.2, 0) is 22.6 Å². The van der Waals surface area contributed by atoms with Gasteiger partial charge in [0.25, 0.3) is 0 Å². The molecule has 0 bridgehead atoms. The average Bonchev–Trinajstić information content (AvgIpc) is 2.60. The molecule has 2 rings (SSSR count). The summed E-state index contributed by atoms with van der Waals surface area (Å²) in [7, 11) is 0. The number of benzene rings is 2. The minimum atomic E-state index is -0.983. The van der Waals surface area contributed by atoms with Crippen LogP contribution in [0.5, 0.6) is 0 Å². The predicted octanol–water partition coefficient (Wildman–Crippen LogP) is 3.69. The van der Waals surface area contributed by atoms with Crippen LogP contribution in [-0.4, -0.2) is 17.2 Å². The zero-order valence-electron chi connectivity index (χ0n) is 13.6. The van der Waals surface area contributed by atoms with Crippen molar-refractivity contribution in [3.63, 3.8) is 0 Å². The maximum absolute atomic E-state index is 12.0. The summed E-state index contributed by atoms with van der Waals surface area (Å²) in [5.41, 5.74) is 2.76. The van der Waals surface area contributed by atoms with Gasteiger partial charge in [-0.2, -0.15) is 0 Å². The molecule has 5 heteroatoms. The number of amides is 1. The van der Waals surface area contributed by atoms with Gasteiger partial charge in [-0.1, -0.05) is 61.5 Å². The highest BCUT2D eigenvalue weighted by Crippen LogP contribution is 2.18. The van der Waals surface area contributed by atoms with Gasteiger partial charge in [0.15, 0.2) is 0 Å². The van der Waals surface area contributed by atoms with Crippen molar-refractivity contribution < 1.29 is 19.4 Å². The fraction of sp³-hybridized carbons (Fsp3) is 0.263. The predicted molar refractivity (Wildman–Crippen MR) is 90.6 cm³/mol. The van der Waals surface area contributed by atoms with Gasteiger partial charge in [-0.05, 0) is 23.1 Å². The Balaban J connectivity index is 1.99. The largest absolute Gasteiger partial charge is 0.481 e. The third-order valence-electron chi connectivity index (χ3n) is 3.67. The fourth-order valence-electron chi connectivity index (χ4n) is 2.32. The van der Waals surface area contributed by atoms with E-state index < -0.39 is 18.1 Å². The SMILES string of the molecule is CCc1ccc(C(CC(=O)O)NC(=O)OCc2ccccc2)cc1. The number of carbonyl (C=O) groups is 2. The molecule has 0 saturated heterocycles. The highest BCUT2D eigenvalue weighted by Gasteiger charge is 2.18. The van der Waals surface area contributed by atoms with Crippen molar-refractivity contribution in [1.82, 2.24) is 5.32 Å². The van der Waals surface area contributed by atoms with Crippen molar-refractivity contribution >= 4 is 12.1 Å². The molecule has 0 aliphatic rings. The molecular formula is C19H21NO4. The topological polar surface area (TPSA) is 75.6 Å². The molecular weight excluding hydrogens is 306 g/mol. The van der Waals surface area contributed by atoms with E-state index in [0.717, 1.165) is 23.1 Å². The molecule has 0 aromatic heterocycles. The number of aryl methyl sites for hydroxylation is 1. The monoisotopic (exact) mass is 327 g/mol. The minimum absolute atomic E-state index is 0.140. The van der Waals surface area contributed by atoms with Gasteiger partial charge in [0.05, 0.1) is 12.5 Å². The van der Waals surface area contributed by atoms with Crippen LogP contribution in [0.4, 0.5) is 4.79 Å². The van der Waals surface area contributed by atoms with Gasteiger partial charge in [0.2, 0.25) is 0 Å². The maximum Gasteiger partial charge on any atom is 0.407 e. The van der Waals surface area contributed by atoms with E-state index in [1.807, 2.05) is 61.5 Å². The van der Waals surface area contributed by atoms with Crippen LogP contribution in [0.1, 0.15) is 36.1 Å². The summed E-state index contributed by atoms with van der Waals surface area (Å²) in [4.78, 5) is 23.1. The average molecular weight is 327 g/mol. The molecule has 0 aliphatic heterocycles. The van der Waals surface area contributed by atoms with Crippen LogP contribution in [0, 0.1) is 0 Å². The van der Waals surface area contributed by atoms with Gasteiger partial charge in [-0.25, -0.2) is 4.79 Å². The summed E-state index contributed by atoms with van der Waals surface area (Å²) in [5.74, 6) is -0.983. The Morgan fingerprint density at radius 2 is 1.71 bits per heavy atom. The van der Waals surface area contributed by atoms with Crippen LogP contribution in [0.2, 0.25) is 0 Å². The highest BCUT2D eigenvalue weighted by molar-refractivity contribution is 5.72. The minimum Gasteiger partial charge on any atom is -0.481 e.